The fourth-order valence-electron chi connectivity index (χ4n) is 2.03. The molecule has 1 aromatic heterocycles. The van der Waals surface area contributed by atoms with E-state index in [1.165, 1.54) is 0 Å². The van der Waals surface area contributed by atoms with Crippen LogP contribution < -0.4 is 5.32 Å². The Bertz CT molecular complexity index is 431. The van der Waals surface area contributed by atoms with Gasteiger partial charge in [-0.2, -0.15) is 8.42 Å². The molecule has 0 radical (unpaired) electrons. The van der Waals surface area contributed by atoms with Gasteiger partial charge in [-0.05, 0) is 18.6 Å². The van der Waals surface area contributed by atoms with Gasteiger partial charge in [-0.25, -0.2) is 0 Å². The van der Waals surface area contributed by atoms with Gasteiger partial charge in [-0.15, -0.1) is 12.4 Å². The van der Waals surface area contributed by atoms with E-state index in [2.05, 4.69) is 5.32 Å². The van der Waals surface area contributed by atoms with Crippen LogP contribution in [0.5, 0.6) is 0 Å². The molecule has 2 atom stereocenters. The lowest BCUT2D eigenvalue weighted by atomic mass is 10.0. The van der Waals surface area contributed by atoms with Crippen molar-refractivity contribution in [2.75, 3.05) is 19.7 Å². The summed E-state index contributed by atoms with van der Waals surface area (Å²) in [5.74, 6) is -0.0877. The van der Waals surface area contributed by atoms with Gasteiger partial charge >= 0.3 is 0 Å². The van der Waals surface area contributed by atoms with E-state index >= 15 is 0 Å². The van der Waals surface area contributed by atoms with Gasteiger partial charge in [0.15, 0.2) is 0 Å². The van der Waals surface area contributed by atoms with Crippen LogP contribution in [0, 0.1) is 0 Å². The van der Waals surface area contributed by atoms with Crippen LogP contribution in [0.2, 0.25) is 0 Å². The molecule has 2 rings (SSSR count). The fraction of sp³-hybridized carbons (Fsp3) is 0.600. The van der Waals surface area contributed by atoms with E-state index in [1.54, 1.807) is 25.5 Å². The highest BCUT2D eigenvalue weighted by atomic mass is 35.5. The number of nitrogens with one attached hydrogen (secondary N) is 1. The minimum atomic E-state index is -3.49. The fourth-order valence-corrected chi connectivity index (χ4v) is 3.51. The maximum absolute atomic E-state index is 11.8. The van der Waals surface area contributed by atoms with Crippen molar-refractivity contribution < 1.29 is 17.0 Å². The van der Waals surface area contributed by atoms with Crippen molar-refractivity contribution in [2.24, 2.45) is 0 Å². The Kier molecular flexibility index (Phi) is 5.00. The SMILES string of the molecule is CCOS(=O)(=O)C1CNCC1c1ccoc1.Cl. The monoisotopic (exact) mass is 281 g/mol. The molecule has 0 aliphatic carbocycles. The minimum Gasteiger partial charge on any atom is -0.472 e. The van der Waals surface area contributed by atoms with Crippen molar-refractivity contribution in [1.29, 1.82) is 0 Å². The quantitative estimate of drug-likeness (QED) is 0.838. The summed E-state index contributed by atoms with van der Waals surface area (Å²) in [5.41, 5.74) is 0.901. The molecule has 1 aliphatic heterocycles. The van der Waals surface area contributed by atoms with E-state index in [1.807, 2.05) is 0 Å². The summed E-state index contributed by atoms with van der Waals surface area (Å²) in [4.78, 5) is 0. The summed E-state index contributed by atoms with van der Waals surface area (Å²) in [6.07, 6.45) is 3.14. The number of hydrogen-bond donors (Lipinski definition) is 1. The number of rotatable bonds is 4. The van der Waals surface area contributed by atoms with Crippen molar-refractivity contribution >= 4 is 22.5 Å². The predicted octanol–water partition coefficient (Wildman–Crippen LogP) is 1.12. The summed E-state index contributed by atoms with van der Waals surface area (Å²) < 4.78 is 33.5. The highest BCUT2D eigenvalue weighted by Crippen LogP contribution is 2.28. The Labute approximate surface area is 107 Å². The van der Waals surface area contributed by atoms with Gasteiger partial charge in [-0.1, -0.05) is 0 Å². The van der Waals surface area contributed by atoms with E-state index in [0.717, 1.165) is 5.56 Å². The molecule has 0 amide bonds. The van der Waals surface area contributed by atoms with E-state index in [-0.39, 0.29) is 24.9 Å². The summed E-state index contributed by atoms with van der Waals surface area (Å²) in [5, 5.41) is 2.55. The minimum absolute atomic E-state index is 0. The predicted molar refractivity (Wildman–Crippen MR) is 65.9 cm³/mol. The number of furan rings is 1. The summed E-state index contributed by atoms with van der Waals surface area (Å²) in [6, 6.07) is 1.80. The Morgan fingerprint density at radius 3 is 2.88 bits per heavy atom. The third kappa shape index (κ3) is 3.01. The first-order valence-electron chi connectivity index (χ1n) is 5.26. The zero-order chi connectivity index (χ0) is 11.6. The molecule has 98 valence electrons. The van der Waals surface area contributed by atoms with Gasteiger partial charge in [-0.3, -0.25) is 4.18 Å². The zero-order valence-corrected chi connectivity index (χ0v) is 11.1. The first-order chi connectivity index (χ1) is 7.65. The van der Waals surface area contributed by atoms with Gasteiger partial charge in [0.1, 0.15) is 5.25 Å². The first kappa shape index (κ1) is 14.5. The average Bonchev–Trinajstić information content (AvgIpc) is 2.88. The topological polar surface area (TPSA) is 68.5 Å². The highest BCUT2D eigenvalue weighted by molar-refractivity contribution is 7.87. The van der Waals surface area contributed by atoms with Crippen LogP contribution in [0.3, 0.4) is 0 Å². The Morgan fingerprint density at radius 1 is 1.53 bits per heavy atom. The normalized spacial score (nSPS) is 24.5. The van der Waals surface area contributed by atoms with Gasteiger partial charge in [0.05, 0.1) is 19.1 Å². The van der Waals surface area contributed by atoms with E-state index in [0.29, 0.717) is 13.1 Å². The second-order valence-corrected chi connectivity index (χ2v) is 5.59. The van der Waals surface area contributed by atoms with Crippen LogP contribution in [-0.4, -0.2) is 33.4 Å². The molecule has 2 unspecified atom stereocenters. The number of halogens is 1. The van der Waals surface area contributed by atoms with E-state index < -0.39 is 15.4 Å². The third-order valence-electron chi connectivity index (χ3n) is 2.78. The Balaban J connectivity index is 0.00000144. The van der Waals surface area contributed by atoms with Gasteiger partial charge in [0, 0.05) is 19.0 Å². The summed E-state index contributed by atoms with van der Waals surface area (Å²) in [6.45, 7) is 2.92. The maximum Gasteiger partial charge on any atom is 0.272 e. The molecule has 1 fully saturated rings. The van der Waals surface area contributed by atoms with Crippen LogP contribution in [0.4, 0.5) is 0 Å². The second kappa shape index (κ2) is 5.86. The molecule has 1 aromatic rings. The van der Waals surface area contributed by atoms with E-state index in [4.69, 9.17) is 8.60 Å². The molecule has 0 bridgehead atoms. The average molecular weight is 282 g/mol. The molecule has 17 heavy (non-hydrogen) atoms. The van der Waals surface area contributed by atoms with Crippen LogP contribution in [-0.2, 0) is 14.3 Å². The van der Waals surface area contributed by atoms with Gasteiger partial charge < -0.3 is 9.73 Å². The molecule has 1 aliphatic rings. The van der Waals surface area contributed by atoms with Crippen molar-refractivity contribution in [3.05, 3.63) is 24.2 Å². The number of hydrogen-bond acceptors (Lipinski definition) is 5. The molecule has 5 nitrogen and oxygen atoms in total. The lowest BCUT2D eigenvalue weighted by molar-refractivity contribution is 0.330. The van der Waals surface area contributed by atoms with Crippen molar-refractivity contribution in [3.8, 4) is 0 Å². The van der Waals surface area contributed by atoms with Crippen LogP contribution >= 0.6 is 12.4 Å². The van der Waals surface area contributed by atoms with Gasteiger partial charge in [0.25, 0.3) is 10.1 Å². The van der Waals surface area contributed by atoms with Crippen molar-refractivity contribution in [2.45, 2.75) is 18.1 Å². The second-order valence-electron chi connectivity index (χ2n) is 3.76. The summed E-state index contributed by atoms with van der Waals surface area (Å²) in [7, 11) is -3.49. The largest absolute Gasteiger partial charge is 0.472 e. The molecule has 0 aromatic carbocycles. The lowest BCUT2D eigenvalue weighted by Gasteiger charge is -2.16. The standard InChI is InChI=1S/C10H15NO4S.ClH/c1-2-15-16(12,13)10-6-11-5-9(10)8-3-4-14-7-8;/h3-4,7,9-11H,2,5-6H2,1H3;1H. The Morgan fingerprint density at radius 2 is 2.29 bits per heavy atom. The molecule has 7 heteroatoms. The third-order valence-corrected chi connectivity index (χ3v) is 4.58. The van der Waals surface area contributed by atoms with Gasteiger partial charge in [0.2, 0.25) is 0 Å². The van der Waals surface area contributed by atoms with Crippen LogP contribution in [0.25, 0.3) is 0 Å². The molecule has 2 heterocycles. The van der Waals surface area contributed by atoms with Crippen molar-refractivity contribution in [3.63, 3.8) is 0 Å². The molecular weight excluding hydrogens is 266 g/mol. The summed E-state index contributed by atoms with van der Waals surface area (Å²) >= 11 is 0. The molecule has 1 saturated heterocycles. The molecule has 0 spiro atoms. The highest BCUT2D eigenvalue weighted by Gasteiger charge is 2.39. The molecular formula is C10H16ClNO4S. The molecule has 0 saturated carbocycles. The van der Waals surface area contributed by atoms with Crippen LogP contribution in [0.1, 0.15) is 18.4 Å². The first-order valence-corrected chi connectivity index (χ1v) is 6.73. The lowest BCUT2D eigenvalue weighted by Crippen LogP contribution is -2.29. The van der Waals surface area contributed by atoms with Crippen LogP contribution in [0.15, 0.2) is 23.0 Å². The van der Waals surface area contributed by atoms with E-state index in [9.17, 15) is 8.42 Å². The van der Waals surface area contributed by atoms with Crippen molar-refractivity contribution in [1.82, 2.24) is 5.32 Å². The Hall–Kier alpha value is -0.560. The smallest absolute Gasteiger partial charge is 0.272 e. The zero-order valence-electron chi connectivity index (χ0n) is 9.46. The molecule has 1 N–H and O–H groups in total. The maximum atomic E-state index is 11.8.